The summed E-state index contributed by atoms with van der Waals surface area (Å²) < 4.78 is 1.75. The molecule has 1 amide bonds. The van der Waals surface area contributed by atoms with Crippen LogP contribution < -0.4 is 11.5 Å². The minimum absolute atomic E-state index is 0.269. The van der Waals surface area contributed by atoms with Crippen LogP contribution in [0.5, 0.6) is 0 Å². The Kier molecular flexibility index (Phi) is 2.65. The minimum atomic E-state index is -0.573. The van der Waals surface area contributed by atoms with Crippen molar-refractivity contribution < 1.29 is 4.79 Å². The third-order valence-electron chi connectivity index (χ3n) is 4.07. The SMILES string of the molecule is Cc1ccc2[nH]ncc2c1-c1c(N)c(C(N)=O)cn2ccnc12. The highest BCUT2D eigenvalue weighted by Crippen LogP contribution is 2.38. The summed E-state index contributed by atoms with van der Waals surface area (Å²) in [7, 11) is 0. The van der Waals surface area contributed by atoms with Crippen LogP contribution in [0.15, 0.2) is 36.9 Å². The summed E-state index contributed by atoms with van der Waals surface area (Å²) in [5.41, 5.74) is 16.5. The molecule has 1 aromatic carbocycles. The van der Waals surface area contributed by atoms with E-state index >= 15 is 0 Å². The number of aryl methyl sites for hydroxylation is 1. The molecule has 0 bridgehead atoms. The van der Waals surface area contributed by atoms with E-state index < -0.39 is 5.91 Å². The van der Waals surface area contributed by atoms with E-state index in [9.17, 15) is 4.79 Å². The number of nitrogen functional groups attached to an aromatic ring is 1. The summed E-state index contributed by atoms with van der Waals surface area (Å²) >= 11 is 0. The lowest BCUT2D eigenvalue weighted by Crippen LogP contribution is -2.15. The summed E-state index contributed by atoms with van der Waals surface area (Å²) in [6.07, 6.45) is 6.77. The maximum atomic E-state index is 11.8. The number of primary amides is 1. The molecule has 7 nitrogen and oxygen atoms in total. The number of H-pyrrole nitrogens is 1. The second kappa shape index (κ2) is 4.57. The lowest BCUT2D eigenvalue weighted by atomic mass is 9.95. The number of pyridine rings is 1. The summed E-state index contributed by atoms with van der Waals surface area (Å²) in [5, 5.41) is 7.96. The molecule has 0 radical (unpaired) electrons. The first-order valence-electron chi connectivity index (χ1n) is 7.06. The van der Waals surface area contributed by atoms with E-state index in [1.165, 1.54) is 0 Å². The van der Waals surface area contributed by atoms with Crippen LogP contribution in [0, 0.1) is 6.92 Å². The van der Waals surface area contributed by atoms with Gasteiger partial charge in [0.2, 0.25) is 0 Å². The van der Waals surface area contributed by atoms with Gasteiger partial charge in [-0.05, 0) is 18.6 Å². The zero-order valence-electron chi connectivity index (χ0n) is 12.4. The number of nitrogens with zero attached hydrogens (tertiary/aromatic N) is 3. The molecule has 0 aliphatic rings. The molecule has 0 fully saturated rings. The predicted octanol–water partition coefficient (Wildman–Crippen LogP) is 1.87. The molecule has 23 heavy (non-hydrogen) atoms. The monoisotopic (exact) mass is 306 g/mol. The van der Waals surface area contributed by atoms with Gasteiger partial charge in [-0.2, -0.15) is 5.10 Å². The quantitative estimate of drug-likeness (QED) is 0.524. The third kappa shape index (κ3) is 1.80. The third-order valence-corrected chi connectivity index (χ3v) is 4.07. The fourth-order valence-electron chi connectivity index (χ4n) is 2.98. The number of fused-ring (bicyclic) bond motifs is 2. The summed E-state index contributed by atoms with van der Waals surface area (Å²) in [6, 6.07) is 3.93. The smallest absolute Gasteiger partial charge is 0.252 e. The molecule has 0 spiro atoms. The number of hydrogen-bond acceptors (Lipinski definition) is 4. The molecule has 3 aromatic heterocycles. The van der Waals surface area contributed by atoms with Crippen molar-refractivity contribution in [1.29, 1.82) is 0 Å². The molecule has 0 aliphatic carbocycles. The minimum Gasteiger partial charge on any atom is -0.397 e. The Morgan fingerprint density at radius 2 is 2.13 bits per heavy atom. The fraction of sp³-hybridized carbons (Fsp3) is 0.0625. The first-order valence-corrected chi connectivity index (χ1v) is 7.06. The molecule has 0 aliphatic heterocycles. The number of carbonyl (C=O) groups is 1. The normalized spacial score (nSPS) is 11.3. The van der Waals surface area contributed by atoms with Gasteiger partial charge in [-0.1, -0.05) is 6.07 Å². The highest BCUT2D eigenvalue weighted by molar-refractivity contribution is 6.09. The number of nitrogens with two attached hydrogens (primary N) is 2. The van der Waals surface area contributed by atoms with Gasteiger partial charge in [0.15, 0.2) is 0 Å². The number of hydrogen-bond donors (Lipinski definition) is 3. The number of aromatic amines is 1. The maximum Gasteiger partial charge on any atom is 0.252 e. The van der Waals surface area contributed by atoms with E-state index in [1.807, 2.05) is 19.1 Å². The van der Waals surface area contributed by atoms with E-state index in [0.717, 1.165) is 22.0 Å². The molecule has 0 saturated carbocycles. The van der Waals surface area contributed by atoms with Crippen molar-refractivity contribution in [2.24, 2.45) is 5.73 Å². The maximum absolute atomic E-state index is 11.8. The van der Waals surface area contributed by atoms with Gasteiger partial charge in [0.25, 0.3) is 5.91 Å². The van der Waals surface area contributed by atoms with Gasteiger partial charge in [-0.15, -0.1) is 0 Å². The van der Waals surface area contributed by atoms with Gasteiger partial charge in [0.1, 0.15) is 5.65 Å². The van der Waals surface area contributed by atoms with Crippen LogP contribution in [0.25, 0.3) is 27.7 Å². The van der Waals surface area contributed by atoms with E-state index in [-0.39, 0.29) is 5.56 Å². The highest BCUT2D eigenvalue weighted by Gasteiger charge is 2.20. The average molecular weight is 306 g/mol. The Bertz CT molecular complexity index is 1080. The number of imidazole rings is 1. The molecule has 114 valence electrons. The van der Waals surface area contributed by atoms with Crippen LogP contribution in [-0.4, -0.2) is 25.5 Å². The highest BCUT2D eigenvalue weighted by atomic mass is 16.1. The van der Waals surface area contributed by atoms with Gasteiger partial charge in [0.05, 0.1) is 23.0 Å². The molecule has 5 N–H and O–H groups in total. The topological polar surface area (TPSA) is 115 Å². The number of benzene rings is 1. The Hall–Kier alpha value is -3.35. The lowest BCUT2D eigenvalue weighted by molar-refractivity contribution is 0.100. The Labute approximate surface area is 130 Å². The molecule has 7 heteroatoms. The molecule has 3 heterocycles. The second-order valence-electron chi connectivity index (χ2n) is 5.44. The second-order valence-corrected chi connectivity index (χ2v) is 5.44. The first kappa shape index (κ1) is 13.3. The Balaban J connectivity index is 2.22. The fourth-order valence-corrected chi connectivity index (χ4v) is 2.98. The van der Waals surface area contributed by atoms with Crippen molar-refractivity contribution in [3.05, 3.63) is 48.0 Å². The average Bonchev–Trinajstić information content (AvgIpc) is 3.15. The van der Waals surface area contributed by atoms with Gasteiger partial charge in [-0.3, -0.25) is 9.89 Å². The molecular formula is C16H14N6O. The van der Waals surface area contributed by atoms with E-state index in [4.69, 9.17) is 11.5 Å². The van der Waals surface area contributed by atoms with Crippen LogP contribution in [0.2, 0.25) is 0 Å². The standard InChI is InChI=1S/C16H14N6O/c1-8-2-3-11-9(6-20-21-11)12(8)13-14(17)10(15(18)23)7-22-5-4-19-16(13)22/h2-7H,17H2,1H3,(H2,18,23)(H,20,21). The molecular weight excluding hydrogens is 292 g/mol. The number of carbonyl (C=O) groups excluding carboxylic acids is 1. The summed E-state index contributed by atoms with van der Waals surface area (Å²) in [6.45, 7) is 1.98. The zero-order chi connectivity index (χ0) is 16.1. The van der Waals surface area contributed by atoms with Crippen molar-refractivity contribution >= 4 is 28.1 Å². The van der Waals surface area contributed by atoms with Crippen molar-refractivity contribution in [3.63, 3.8) is 0 Å². The van der Waals surface area contributed by atoms with Crippen LogP contribution in [0.4, 0.5) is 5.69 Å². The molecule has 4 rings (SSSR count). The Morgan fingerprint density at radius 1 is 1.30 bits per heavy atom. The molecule has 4 aromatic rings. The largest absolute Gasteiger partial charge is 0.397 e. The van der Waals surface area contributed by atoms with E-state index in [0.29, 0.717) is 16.9 Å². The van der Waals surface area contributed by atoms with Crippen LogP contribution in [-0.2, 0) is 0 Å². The van der Waals surface area contributed by atoms with Gasteiger partial charge >= 0.3 is 0 Å². The van der Waals surface area contributed by atoms with E-state index in [1.54, 1.807) is 29.2 Å². The van der Waals surface area contributed by atoms with Gasteiger partial charge < -0.3 is 15.9 Å². The number of nitrogens with one attached hydrogen (secondary N) is 1. The van der Waals surface area contributed by atoms with Gasteiger partial charge in [0, 0.05) is 35.1 Å². The van der Waals surface area contributed by atoms with Gasteiger partial charge in [-0.25, -0.2) is 4.98 Å². The molecule has 0 atom stereocenters. The van der Waals surface area contributed by atoms with Crippen LogP contribution in [0.3, 0.4) is 0 Å². The molecule has 0 unspecified atom stereocenters. The zero-order valence-corrected chi connectivity index (χ0v) is 12.4. The van der Waals surface area contributed by atoms with Crippen molar-refractivity contribution in [3.8, 4) is 11.1 Å². The molecule has 0 saturated heterocycles. The first-order chi connectivity index (χ1) is 11.1. The van der Waals surface area contributed by atoms with E-state index in [2.05, 4.69) is 15.2 Å². The van der Waals surface area contributed by atoms with Crippen LogP contribution >= 0.6 is 0 Å². The number of aromatic nitrogens is 4. The van der Waals surface area contributed by atoms with Crippen LogP contribution in [0.1, 0.15) is 15.9 Å². The van der Waals surface area contributed by atoms with Crippen molar-refractivity contribution in [2.75, 3.05) is 5.73 Å². The number of rotatable bonds is 2. The number of amides is 1. The lowest BCUT2D eigenvalue weighted by Gasteiger charge is -2.14. The van der Waals surface area contributed by atoms with Crippen molar-refractivity contribution in [1.82, 2.24) is 19.6 Å². The summed E-state index contributed by atoms with van der Waals surface area (Å²) in [4.78, 5) is 16.1. The predicted molar refractivity (Wildman–Crippen MR) is 87.9 cm³/mol. The van der Waals surface area contributed by atoms with Crippen molar-refractivity contribution in [2.45, 2.75) is 6.92 Å². The number of anilines is 1. The summed E-state index contributed by atoms with van der Waals surface area (Å²) in [5.74, 6) is -0.573. The Morgan fingerprint density at radius 3 is 2.91 bits per heavy atom.